The van der Waals surface area contributed by atoms with Crippen LogP contribution in [-0.4, -0.2) is 40.8 Å². The van der Waals surface area contributed by atoms with Crippen molar-refractivity contribution >= 4 is 12.6 Å². The molecule has 0 bridgehead atoms. The highest BCUT2D eigenvalue weighted by molar-refractivity contribution is 6.59. The third-order valence-corrected chi connectivity index (χ3v) is 3.15. The molecule has 2 rings (SSSR count). The van der Waals surface area contributed by atoms with Gasteiger partial charge in [-0.25, -0.2) is 0 Å². The summed E-state index contributed by atoms with van der Waals surface area (Å²) in [5, 5.41) is 18.4. The van der Waals surface area contributed by atoms with E-state index >= 15 is 0 Å². The van der Waals surface area contributed by atoms with Gasteiger partial charge in [-0.15, -0.1) is 0 Å². The molecule has 1 aliphatic rings. The molecule has 0 atom stereocenters. The number of halogens is 3. The molecule has 0 radical (unpaired) electrons. The Morgan fingerprint density at radius 3 is 2.37 bits per heavy atom. The number of benzene rings is 1. The second kappa shape index (κ2) is 5.52. The topological polar surface area (TPSA) is 43.7 Å². The van der Waals surface area contributed by atoms with Gasteiger partial charge in [-0.3, -0.25) is 4.90 Å². The molecular formula is C12H15BF3NO2. The predicted octanol–water partition coefficient (Wildman–Crippen LogP) is 0.893. The van der Waals surface area contributed by atoms with E-state index in [9.17, 15) is 23.2 Å². The van der Waals surface area contributed by atoms with Gasteiger partial charge in [-0.05, 0) is 23.9 Å². The quantitative estimate of drug-likeness (QED) is 0.783. The molecule has 2 N–H and O–H groups in total. The van der Waals surface area contributed by atoms with E-state index in [1.165, 1.54) is 11.0 Å². The van der Waals surface area contributed by atoms with Gasteiger partial charge in [0, 0.05) is 12.6 Å². The molecule has 1 aliphatic carbocycles. The third kappa shape index (κ3) is 4.23. The minimum absolute atomic E-state index is 0.0504. The molecule has 104 valence electrons. The van der Waals surface area contributed by atoms with Gasteiger partial charge in [0.2, 0.25) is 0 Å². The summed E-state index contributed by atoms with van der Waals surface area (Å²) in [7, 11) is -1.66. The number of hydrogen-bond acceptors (Lipinski definition) is 3. The van der Waals surface area contributed by atoms with Gasteiger partial charge in [0.25, 0.3) is 0 Å². The average molecular weight is 273 g/mol. The molecular weight excluding hydrogens is 258 g/mol. The largest absolute Gasteiger partial charge is 0.488 e. The lowest BCUT2D eigenvalue weighted by Crippen LogP contribution is -2.39. The lowest BCUT2D eigenvalue weighted by atomic mass is 9.77. The number of hydrogen-bond donors (Lipinski definition) is 2. The molecule has 7 heteroatoms. The summed E-state index contributed by atoms with van der Waals surface area (Å²) in [4.78, 5) is 1.35. The Bertz CT molecular complexity index is 435. The molecule has 0 amide bonds. The lowest BCUT2D eigenvalue weighted by Gasteiger charge is -2.24. The van der Waals surface area contributed by atoms with Crippen LogP contribution in [0.4, 0.5) is 13.2 Å². The SMILES string of the molecule is OB(O)c1ccccc1CN(CC(F)(F)F)C1CC1. The molecule has 1 aromatic carbocycles. The monoisotopic (exact) mass is 273 g/mol. The summed E-state index contributed by atoms with van der Waals surface area (Å²) in [6.45, 7) is -0.883. The fourth-order valence-corrected chi connectivity index (χ4v) is 2.13. The van der Waals surface area contributed by atoms with Crippen molar-refractivity contribution in [1.82, 2.24) is 4.90 Å². The van der Waals surface area contributed by atoms with E-state index < -0.39 is 19.8 Å². The average Bonchev–Trinajstić information content (AvgIpc) is 3.10. The minimum atomic E-state index is -4.24. The Balaban J connectivity index is 2.13. The van der Waals surface area contributed by atoms with Crippen molar-refractivity contribution in [3.63, 3.8) is 0 Å². The number of rotatable bonds is 5. The summed E-state index contributed by atoms with van der Waals surface area (Å²) < 4.78 is 37.5. The van der Waals surface area contributed by atoms with Gasteiger partial charge in [-0.1, -0.05) is 24.3 Å². The molecule has 0 heterocycles. The Labute approximate surface area is 109 Å². The normalized spacial score (nSPS) is 15.9. The fourth-order valence-electron chi connectivity index (χ4n) is 2.13. The third-order valence-electron chi connectivity index (χ3n) is 3.15. The molecule has 0 unspecified atom stereocenters. The van der Waals surface area contributed by atoms with E-state index in [0.29, 0.717) is 5.56 Å². The van der Waals surface area contributed by atoms with Crippen LogP contribution in [0.5, 0.6) is 0 Å². The minimum Gasteiger partial charge on any atom is -0.423 e. The highest BCUT2D eigenvalue weighted by Gasteiger charge is 2.38. The fraction of sp³-hybridized carbons (Fsp3) is 0.500. The molecule has 0 aromatic heterocycles. The maximum Gasteiger partial charge on any atom is 0.488 e. The van der Waals surface area contributed by atoms with E-state index in [2.05, 4.69) is 0 Å². The molecule has 1 saturated carbocycles. The Kier molecular flexibility index (Phi) is 4.18. The first-order valence-electron chi connectivity index (χ1n) is 6.11. The van der Waals surface area contributed by atoms with Crippen LogP contribution < -0.4 is 5.46 Å². The predicted molar refractivity (Wildman–Crippen MR) is 65.8 cm³/mol. The van der Waals surface area contributed by atoms with Crippen LogP contribution in [0.3, 0.4) is 0 Å². The van der Waals surface area contributed by atoms with E-state index in [0.717, 1.165) is 12.8 Å². The van der Waals surface area contributed by atoms with Crippen molar-refractivity contribution in [2.45, 2.75) is 31.6 Å². The van der Waals surface area contributed by atoms with Crippen molar-refractivity contribution in [1.29, 1.82) is 0 Å². The van der Waals surface area contributed by atoms with E-state index in [-0.39, 0.29) is 18.0 Å². The van der Waals surface area contributed by atoms with E-state index in [1.54, 1.807) is 18.2 Å². The summed E-state index contributed by atoms with van der Waals surface area (Å²) in [6, 6.07) is 6.40. The molecule has 3 nitrogen and oxygen atoms in total. The second-order valence-electron chi connectivity index (χ2n) is 4.82. The molecule has 19 heavy (non-hydrogen) atoms. The summed E-state index contributed by atoms with van der Waals surface area (Å²) in [5.41, 5.74) is 0.781. The van der Waals surface area contributed by atoms with Crippen LogP contribution in [0.2, 0.25) is 0 Å². The van der Waals surface area contributed by atoms with Crippen molar-refractivity contribution in [3.8, 4) is 0 Å². The van der Waals surface area contributed by atoms with Gasteiger partial charge >= 0.3 is 13.3 Å². The summed E-state index contributed by atoms with van der Waals surface area (Å²) in [6.07, 6.45) is -2.71. The number of alkyl halides is 3. The smallest absolute Gasteiger partial charge is 0.423 e. The van der Waals surface area contributed by atoms with Crippen molar-refractivity contribution in [3.05, 3.63) is 29.8 Å². The second-order valence-corrected chi connectivity index (χ2v) is 4.82. The van der Waals surface area contributed by atoms with Gasteiger partial charge in [-0.2, -0.15) is 13.2 Å². The standard InChI is InChI=1S/C12H15BF3NO2/c14-12(15,16)8-17(10-5-6-10)7-9-3-1-2-4-11(9)13(18)19/h1-4,10,18-19H,5-8H2. The van der Waals surface area contributed by atoms with Crippen molar-refractivity contribution in [2.24, 2.45) is 0 Å². The Morgan fingerprint density at radius 2 is 1.84 bits per heavy atom. The van der Waals surface area contributed by atoms with Crippen LogP contribution in [0.1, 0.15) is 18.4 Å². The van der Waals surface area contributed by atoms with Gasteiger partial charge in [0.05, 0.1) is 6.54 Å². The van der Waals surface area contributed by atoms with Crippen LogP contribution in [0, 0.1) is 0 Å². The molecule has 0 saturated heterocycles. The molecule has 1 fully saturated rings. The number of nitrogens with zero attached hydrogens (tertiary/aromatic N) is 1. The van der Waals surface area contributed by atoms with E-state index in [1.807, 2.05) is 0 Å². The van der Waals surface area contributed by atoms with Gasteiger partial charge < -0.3 is 10.0 Å². The van der Waals surface area contributed by atoms with E-state index in [4.69, 9.17) is 0 Å². The van der Waals surface area contributed by atoms with Crippen LogP contribution in [-0.2, 0) is 6.54 Å². The molecule has 1 aromatic rings. The summed E-state index contributed by atoms with van der Waals surface area (Å²) >= 11 is 0. The maximum absolute atomic E-state index is 12.5. The zero-order valence-corrected chi connectivity index (χ0v) is 10.3. The van der Waals surface area contributed by atoms with Crippen LogP contribution >= 0.6 is 0 Å². The highest BCUT2D eigenvalue weighted by Crippen LogP contribution is 2.31. The summed E-state index contributed by atoms with van der Waals surface area (Å²) in [5.74, 6) is 0. The first kappa shape index (κ1) is 14.4. The van der Waals surface area contributed by atoms with Crippen molar-refractivity contribution in [2.75, 3.05) is 6.54 Å². The molecule has 0 aliphatic heterocycles. The first-order valence-corrected chi connectivity index (χ1v) is 6.11. The van der Waals surface area contributed by atoms with Crippen LogP contribution in [0.15, 0.2) is 24.3 Å². The Hall–Kier alpha value is -1.05. The Morgan fingerprint density at radius 1 is 1.21 bits per heavy atom. The zero-order chi connectivity index (χ0) is 14.0. The van der Waals surface area contributed by atoms with Gasteiger partial charge in [0.1, 0.15) is 0 Å². The van der Waals surface area contributed by atoms with Gasteiger partial charge in [0.15, 0.2) is 0 Å². The van der Waals surface area contributed by atoms with Crippen LogP contribution in [0.25, 0.3) is 0 Å². The maximum atomic E-state index is 12.5. The molecule has 0 spiro atoms. The lowest BCUT2D eigenvalue weighted by molar-refractivity contribution is -0.148. The highest BCUT2D eigenvalue weighted by atomic mass is 19.4. The first-order chi connectivity index (χ1) is 8.87. The van der Waals surface area contributed by atoms with Crippen molar-refractivity contribution < 1.29 is 23.2 Å². The zero-order valence-electron chi connectivity index (χ0n) is 10.3.